The highest BCUT2D eigenvalue weighted by Gasteiger charge is 2.22. The predicted molar refractivity (Wildman–Crippen MR) is 50.4 cm³/mol. The number of amides is 2. The molecule has 0 N–H and O–H groups in total. The van der Waals surface area contributed by atoms with E-state index in [2.05, 4.69) is 10.0 Å². The molecule has 15 heavy (non-hydrogen) atoms. The Morgan fingerprint density at radius 2 is 2.07 bits per heavy atom. The summed E-state index contributed by atoms with van der Waals surface area (Å²) in [5.74, 6) is -0.731. The molecule has 0 atom stereocenters. The number of ether oxygens (including phenoxy) is 1. The van der Waals surface area contributed by atoms with E-state index in [0.29, 0.717) is 19.6 Å². The molecule has 0 aromatic carbocycles. The second-order valence-electron chi connectivity index (χ2n) is 2.78. The minimum atomic E-state index is -0.366. The van der Waals surface area contributed by atoms with Crippen molar-refractivity contribution in [1.29, 1.82) is 0 Å². The Labute approximate surface area is 85.9 Å². The zero-order valence-corrected chi connectivity index (χ0v) is 8.00. The minimum absolute atomic E-state index is 0.0546. The van der Waals surface area contributed by atoms with Gasteiger partial charge >= 0.3 is 0 Å². The second kappa shape index (κ2) is 5.79. The van der Waals surface area contributed by atoms with Crippen LogP contribution in [0.3, 0.4) is 0 Å². The summed E-state index contributed by atoms with van der Waals surface area (Å²) in [5.41, 5.74) is 7.98. The first-order chi connectivity index (χ1) is 7.25. The van der Waals surface area contributed by atoms with Crippen LogP contribution in [0.2, 0.25) is 0 Å². The van der Waals surface area contributed by atoms with Crippen LogP contribution in [0, 0.1) is 0 Å². The second-order valence-corrected chi connectivity index (χ2v) is 2.78. The molecular weight excluding hydrogens is 200 g/mol. The molecule has 7 nitrogen and oxygen atoms in total. The number of carbonyl (C=O) groups excluding carboxylic acids is 2. The van der Waals surface area contributed by atoms with E-state index in [1.807, 2.05) is 0 Å². The van der Waals surface area contributed by atoms with Crippen molar-refractivity contribution in [3.8, 4) is 0 Å². The van der Waals surface area contributed by atoms with Gasteiger partial charge < -0.3 is 4.74 Å². The number of hydrogen-bond donors (Lipinski definition) is 0. The molecule has 0 spiro atoms. The summed E-state index contributed by atoms with van der Waals surface area (Å²) in [6.45, 7) is 0.633. The first kappa shape index (κ1) is 11.2. The van der Waals surface area contributed by atoms with Gasteiger partial charge in [-0.1, -0.05) is 5.11 Å². The highest BCUT2D eigenvalue weighted by molar-refractivity contribution is 6.12. The van der Waals surface area contributed by atoms with Crippen molar-refractivity contribution in [2.24, 2.45) is 5.11 Å². The Hall–Kier alpha value is -1.85. The standard InChI is InChI=1S/C8H10N4O3/c9-11-10-4-1-5-15-6-12-7(13)2-3-8(12)14/h2-3H,1,4-6H2. The Kier molecular flexibility index (Phi) is 4.33. The van der Waals surface area contributed by atoms with Crippen LogP contribution in [0.1, 0.15) is 6.42 Å². The number of rotatable bonds is 6. The monoisotopic (exact) mass is 210 g/mol. The van der Waals surface area contributed by atoms with Gasteiger partial charge in [0.2, 0.25) is 0 Å². The number of azide groups is 1. The molecule has 0 unspecified atom stereocenters. The van der Waals surface area contributed by atoms with E-state index in [-0.39, 0.29) is 18.5 Å². The van der Waals surface area contributed by atoms with Gasteiger partial charge in [0, 0.05) is 30.2 Å². The Morgan fingerprint density at radius 1 is 1.40 bits per heavy atom. The van der Waals surface area contributed by atoms with Gasteiger partial charge in [0.1, 0.15) is 6.73 Å². The minimum Gasteiger partial charge on any atom is -0.361 e. The van der Waals surface area contributed by atoms with E-state index in [0.717, 1.165) is 4.90 Å². The maximum absolute atomic E-state index is 11.0. The molecule has 2 amide bonds. The molecule has 0 aromatic rings. The molecule has 0 aliphatic carbocycles. The molecule has 0 radical (unpaired) electrons. The summed E-state index contributed by atoms with van der Waals surface area (Å²) in [6, 6.07) is 0. The molecule has 0 saturated carbocycles. The van der Waals surface area contributed by atoms with Gasteiger partial charge in [-0.2, -0.15) is 0 Å². The average Bonchev–Trinajstić information content (AvgIpc) is 2.54. The van der Waals surface area contributed by atoms with Gasteiger partial charge in [0.05, 0.1) is 0 Å². The number of carbonyl (C=O) groups is 2. The van der Waals surface area contributed by atoms with Crippen LogP contribution < -0.4 is 0 Å². The van der Waals surface area contributed by atoms with Gasteiger partial charge in [0.15, 0.2) is 0 Å². The van der Waals surface area contributed by atoms with Crippen LogP contribution in [0.4, 0.5) is 0 Å². The first-order valence-electron chi connectivity index (χ1n) is 4.38. The van der Waals surface area contributed by atoms with E-state index in [1.54, 1.807) is 0 Å². The van der Waals surface area contributed by atoms with Gasteiger partial charge in [-0.25, -0.2) is 0 Å². The van der Waals surface area contributed by atoms with E-state index >= 15 is 0 Å². The van der Waals surface area contributed by atoms with Crippen molar-refractivity contribution >= 4 is 11.8 Å². The zero-order chi connectivity index (χ0) is 11.1. The normalized spacial score (nSPS) is 14.5. The van der Waals surface area contributed by atoms with Crippen molar-refractivity contribution in [2.45, 2.75) is 6.42 Å². The van der Waals surface area contributed by atoms with Crippen molar-refractivity contribution in [2.75, 3.05) is 19.9 Å². The molecule has 7 heteroatoms. The number of imide groups is 1. The van der Waals surface area contributed by atoms with Gasteiger partial charge in [0.25, 0.3) is 11.8 Å². The quantitative estimate of drug-likeness (QED) is 0.211. The SMILES string of the molecule is [N-]=[N+]=NCCCOCN1C(=O)C=CC1=O. The van der Waals surface area contributed by atoms with Crippen LogP contribution in [-0.2, 0) is 14.3 Å². The summed E-state index contributed by atoms with van der Waals surface area (Å²) < 4.78 is 5.07. The van der Waals surface area contributed by atoms with Gasteiger partial charge in [-0.3, -0.25) is 14.5 Å². The predicted octanol–water partition coefficient (Wildman–Crippen LogP) is 0.586. The Morgan fingerprint density at radius 3 is 2.67 bits per heavy atom. The van der Waals surface area contributed by atoms with Gasteiger partial charge in [-0.15, -0.1) is 0 Å². The third-order valence-electron chi connectivity index (χ3n) is 1.73. The van der Waals surface area contributed by atoms with Crippen LogP contribution >= 0.6 is 0 Å². The van der Waals surface area contributed by atoms with E-state index in [1.165, 1.54) is 12.2 Å². The van der Waals surface area contributed by atoms with Crippen LogP contribution in [0.25, 0.3) is 10.4 Å². The largest absolute Gasteiger partial charge is 0.361 e. The lowest BCUT2D eigenvalue weighted by Gasteiger charge is -2.13. The van der Waals surface area contributed by atoms with Crippen LogP contribution in [-0.4, -0.2) is 36.6 Å². The highest BCUT2D eigenvalue weighted by Crippen LogP contribution is 2.02. The van der Waals surface area contributed by atoms with Gasteiger partial charge in [-0.05, 0) is 12.0 Å². The summed E-state index contributed by atoms with van der Waals surface area (Å²) in [4.78, 5) is 25.6. The lowest BCUT2D eigenvalue weighted by atomic mass is 10.5. The third-order valence-corrected chi connectivity index (χ3v) is 1.73. The summed E-state index contributed by atoms with van der Waals surface area (Å²) in [5, 5.41) is 3.31. The van der Waals surface area contributed by atoms with Crippen LogP contribution in [0.15, 0.2) is 17.3 Å². The third kappa shape index (κ3) is 3.41. The molecule has 1 heterocycles. The Bertz CT molecular complexity index is 315. The molecule has 1 aliphatic rings. The lowest BCUT2D eigenvalue weighted by molar-refractivity contribution is -0.142. The molecule has 0 saturated heterocycles. The van der Waals surface area contributed by atoms with Crippen molar-refractivity contribution in [1.82, 2.24) is 4.90 Å². The molecule has 1 rings (SSSR count). The maximum Gasteiger partial charge on any atom is 0.255 e. The fraction of sp³-hybridized carbons (Fsp3) is 0.500. The van der Waals surface area contributed by atoms with E-state index in [9.17, 15) is 9.59 Å². The average molecular weight is 210 g/mol. The fourth-order valence-corrected chi connectivity index (χ4v) is 0.996. The smallest absolute Gasteiger partial charge is 0.255 e. The first-order valence-corrected chi connectivity index (χ1v) is 4.38. The molecule has 0 bridgehead atoms. The molecule has 80 valence electrons. The maximum atomic E-state index is 11.0. The lowest BCUT2D eigenvalue weighted by Crippen LogP contribution is -2.32. The fourth-order valence-electron chi connectivity index (χ4n) is 0.996. The molecular formula is C8H10N4O3. The van der Waals surface area contributed by atoms with E-state index in [4.69, 9.17) is 10.3 Å². The highest BCUT2D eigenvalue weighted by atomic mass is 16.5. The van der Waals surface area contributed by atoms with Crippen molar-refractivity contribution < 1.29 is 14.3 Å². The Balaban J connectivity index is 2.13. The zero-order valence-electron chi connectivity index (χ0n) is 8.00. The topological polar surface area (TPSA) is 95.4 Å². The molecule has 1 aliphatic heterocycles. The summed E-state index contributed by atoms with van der Waals surface area (Å²) in [6.07, 6.45) is 2.96. The van der Waals surface area contributed by atoms with Crippen LogP contribution in [0.5, 0.6) is 0 Å². The van der Waals surface area contributed by atoms with Crippen molar-refractivity contribution in [3.05, 3.63) is 22.6 Å². The van der Waals surface area contributed by atoms with Crippen molar-refractivity contribution in [3.63, 3.8) is 0 Å². The summed E-state index contributed by atoms with van der Waals surface area (Å²) >= 11 is 0. The number of nitrogens with zero attached hydrogens (tertiary/aromatic N) is 4. The molecule has 0 fully saturated rings. The molecule has 0 aromatic heterocycles. The number of hydrogen-bond acceptors (Lipinski definition) is 4. The van der Waals surface area contributed by atoms with E-state index < -0.39 is 0 Å². The summed E-state index contributed by atoms with van der Waals surface area (Å²) in [7, 11) is 0.